The highest BCUT2D eigenvalue weighted by Gasteiger charge is 2.25. The molecule has 0 saturated heterocycles. The lowest BCUT2D eigenvalue weighted by atomic mass is 10.2. The van der Waals surface area contributed by atoms with Crippen LogP contribution in [0.25, 0.3) is 0 Å². The van der Waals surface area contributed by atoms with E-state index in [-0.39, 0.29) is 23.0 Å². The van der Waals surface area contributed by atoms with Gasteiger partial charge in [0, 0.05) is 24.1 Å². The zero-order valence-corrected chi connectivity index (χ0v) is 12.5. The molecule has 0 fully saturated rings. The van der Waals surface area contributed by atoms with Crippen LogP contribution in [0.4, 0.5) is 0 Å². The van der Waals surface area contributed by atoms with Crippen molar-refractivity contribution in [1.82, 2.24) is 4.31 Å². The second-order valence-corrected chi connectivity index (χ2v) is 6.81. The molecule has 1 aromatic carbocycles. The molecule has 0 bridgehead atoms. The third-order valence-corrected chi connectivity index (χ3v) is 5.05. The number of rotatable bonds is 4. The van der Waals surface area contributed by atoms with Gasteiger partial charge < -0.3 is 5.73 Å². The molecule has 2 N–H and O–H groups in total. The number of nitrogens with two attached hydrogens (primary N) is 1. The number of halogens is 1. The molecule has 1 rings (SSSR count). The van der Waals surface area contributed by atoms with Gasteiger partial charge >= 0.3 is 0 Å². The third kappa shape index (κ3) is 3.09. The molecule has 0 aliphatic carbocycles. The van der Waals surface area contributed by atoms with Crippen molar-refractivity contribution in [2.45, 2.75) is 17.9 Å². The summed E-state index contributed by atoms with van der Waals surface area (Å²) in [7, 11) is -2.16. The topological polar surface area (TPSA) is 87.2 Å². The molecule has 0 radical (unpaired) electrons. The Labute approximate surface area is 115 Å². The quantitative estimate of drug-likeness (QED) is 0.900. The summed E-state index contributed by atoms with van der Waals surface area (Å²) >= 11 is 3.19. The Balaban J connectivity index is 3.29. The largest absolute Gasteiger partial charge is 0.329 e. The van der Waals surface area contributed by atoms with E-state index in [1.54, 1.807) is 13.0 Å². The molecule has 0 saturated carbocycles. The number of hydrogen-bond acceptors (Lipinski definition) is 4. The molecule has 1 atom stereocenters. The summed E-state index contributed by atoms with van der Waals surface area (Å²) in [5.41, 5.74) is 5.75. The van der Waals surface area contributed by atoms with E-state index in [9.17, 15) is 8.42 Å². The summed E-state index contributed by atoms with van der Waals surface area (Å²) in [6.45, 7) is 1.95. The molecule has 0 amide bonds. The van der Waals surface area contributed by atoms with Crippen molar-refractivity contribution < 1.29 is 8.42 Å². The van der Waals surface area contributed by atoms with Crippen LogP contribution in [-0.4, -0.2) is 32.4 Å². The molecule has 7 heteroatoms. The first-order valence-electron chi connectivity index (χ1n) is 5.21. The van der Waals surface area contributed by atoms with Crippen LogP contribution >= 0.6 is 15.9 Å². The van der Waals surface area contributed by atoms with Crippen LogP contribution in [0.5, 0.6) is 0 Å². The lowest BCUT2D eigenvalue weighted by Gasteiger charge is -2.23. The van der Waals surface area contributed by atoms with Gasteiger partial charge in [0.15, 0.2) is 0 Å². The van der Waals surface area contributed by atoms with Crippen molar-refractivity contribution in [2.24, 2.45) is 5.73 Å². The number of hydrogen-bond donors (Lipinski definition) is 1. The molecule has 0 heterocycles. The minimum absolute atomic E-state index is 0.0798. The first kappa shape index (κ1) is 15.1. The number of nitrogens with zero attached hydrogens (tertiary/aromatic N) is 2. The number of nitriles is 1. The van der Waals surface area contributed by atoms with Gasteiger partial charge in [0.2, 0.25) is 10.0 Å². The van der Waals surface area contributed by atoms with E-state index in [2.05, 4.69) is 15.9 Å². The second kappa shape index (κ2) is 5.80. The van der Waals surface area contributed by atoms with Gasteiger partial charge in [0.25, 0.3) is 0 Å². The van der Waals surface area contributed by atoms with Gasteiger partial charge in [-0.15, -0.1) is 0 Å². The molecule has 0 aliphatic heterocycles. The predicted molar refractivity (Wildman–Crippen MR) is 72.3 cm³/mol. The maximum atomic E-state index is 12.3. The van der Waals surface area contributed by atoms with E-state index >= 15 is 0 Å². The van der Waals surface area contributed by atoms with Crippen LogP contribution < -0.4 is 5.73 Å². The Morgan fingerprint density at radius 2 is 2.11 bits per heavy atom. The fourth-order valence-corrected chi connectivity index (χ4v) is 3.42. The van der Waals surface area contributed by atoms with Crippen LogP contribution in [0, 0.1) is 11.3 Å². The predicted octanol–water partition coefficient (Wildman–Crippen LogP) is 1.29. The van der Waals surface area contributed by atoms with Crippen LogP contribution in [0.15, 0.2) is 27.6 Å². The summed E-state index contributed by atoms with van der Waals surface area (Å²) in [6.07, 6.45) is 0. The molecule has 0 spiro atoms. The van der Waals surface area contributed by atoms with Crippen molar-refractivity contribution in [2.75, 3.05) is 13.6 Å². The van der Waals surface area contributed by atoms with Gasteiger partial charge in [-0.2, -0.15) is 9.57 Å². The minimum Gasteiger partial charge on any atom is -0.329 e. The van der Waals surface area contributed by atoms with Gasteiger partial charge in [-0.05, 0) is 25.1 Å². The van der Waals surface area contributed by atoms with E-state index in [1.807, 2.05) is 6.07 Å². The van der Waals surface area contributed by atoms with Crippen molar-refractivity contribution in [3.05, 3.63) is 28.2 Å². The highest BCUT2D eigenvalue weighted by molar-refractivity contribution is 9.10. The highest BCUT2D eigenvalue weighted by Crippen LogP contribution is 2.22. The van der Waals surface area contributed by atoms with E-state index in [0.29, 0.717) is 4.47 Å². The third-order valence-electron chi connectivity index (χ3n) is 2.64. The molecule has 1 aromatic rings. The zero-order chi connectivity index (χ0) is 13.9. The van der Waals surface area contributed by atoms with Crippen LogP contribution in [0.3, 0.4) is 0 Å². The summed E-state index contributed by atoms with van der Waals surface area (Å²) in [4.78, 5) is 0.0798. The van der Waals surface area contributed by atoms with E-state index in [0.717, 1.165) is 0 Å². The molecular weight excluding hydrogens is 318 g/mol. The van der Waals surface area contributed by atoms with E-state index < -0.39 is 10.0 Å². The molecule has 1 unspecified atom stereocenters. The zero-order valence-electron chi connectivity index (χ0n) is 10.1. The minimum atomic E-state index is -3.63. The number of sulfonamides is 1. The van der Waals surface area contributed by atoms with Crippen molar-refractivity contribution in [1.29, 1.82) is 5.26 Å². The Kier molecular flexibility index (Phi) is 4.87. The van der Waals surface area contributed by atoms with Gasteiger partial charge in [-0.1, -0.05) is 15.9 Å². The molecule has 0 aromatic heterocycles. The SMILES string of the molecule is CC(CN)N(C)S(=O)(=O)c1cc(Br)cc(C#N)c1. The lowest BCUT2D eigenvalue weighted by molar-refractivity contribution is 0.394. The average molecular weight is 332 g/mol. The molecule has 0 aliphatic rings. The maximum Gasteiger partial charge on any atom is 0.243 e. The Morgan fingerprint density at radius 3 is 2.61 bits per heavy atom. The van der Waals surface area contributed by atoms with Crippen LogP contribution in [0.2, 0.25) is 0 Å². The van der Waals surface area contributed by atoms with E-state index in [4.69, 9.17) is 11.0 Å². The second-order valence-electron chi connectivity index (χ2n) is 3.89. The number of likely N-dealkylation sites (N-methyl/N-ethyl adjacent to an activating group) is 1. The van der Waals surface area contributed by atoms with Crippen molar-refractivity contribution in [3.8, 4) is 6.07 Å². The van der Waals surface area contributed by atoms with Crippen LogP contribution in [0.1, 0.15) is 12.5 Å². The summed E-state index contributed by atoms with van der Waals surface area (Å²) < 4.78 is 26.3. The molecule has 5 nitrogen and oxygen atoms in total. The monoisotopic (exact) mass is 331 g/mol. The summed E-state index contributed by atoms with van der Waals surface area (Å²) in [5, 5.41) is 8.85. The first-order chi connectivity index (χ1) is 8.32. The van der Waals surface area contributed by atoms with Crippen LogP contribution in [-0.2, 0) is 10.0 Å². The van der Waals surface area contributed by atoms with Gasteiger partial charge in [-0.3, -0.25) is 0 Å². The fraction of sp³-hybridized carbons (Fsp3) is 0.364. The molecule has 18 heavy (non-hydrogen) atoms. The Morgan fingerprint density at radius 1 is 1.50 bits per heavy atom. The standard InChI is InChI=1S/C11H14BrN3O2S/c1-8(6-13)15(2)18(16,17)11-4-9(7-14)3-10(12)5-11/h3-5,8H,6,13H2,1-2H3. The molecule has 98 valence electrons. The van der Waals surface area contributed by atoms with Crippen molar-refractivity contribution >= 4 is 26.0 Å². The summed E-state index contributed by atoms with van der Waals surface area (Å²) in [5.74, 6) is 0. The smallest absolute Gasteiger partial charge is 0.243 e. The maximum absolute atomic E-state index is 12.3. The lowest BCUT2D eigenvalue weighted by Crippen LogP contribution is -2.39. The van der Waals surface area contributed by atoms with Gasteiger partial charge in [0.05, 0.1) is 16.5 Å². The Bertz CT molecular complexity index is 580. The molecular formula is C11H14BrN3O2S. The van der Waals surface area contributed by atoms with Gasteiger partial charge in [-0.25, -0.2) is 8.42 Å². The normalized spacial score (nSPS) is 13.3. The average Bonchev–Trinajstić information content (AvgIpc) is 2.35. The first-order valence-corrected chi connectivity index (χ1v) is 7.45. The van der Waals surface area contributed by atoms with Gasteiger partial charge in [0.1, 0.15) is 0 Å². The summed E-state index contributed by atoms with van der Waals surface area (Å²) in [6, 6.07) is 5.99. The van der Waals surface area contributed by atoms with E-state index in [1.165, 1.54) is 23.5 Å². The number of benzene rings is 1. The highest BCUT2D eigenvalue weighted by atomic mass is 79.9. The van der Waals surface area contributed by atoms with Crippen molar-refractivity contribution in [3.63, 3.8) is 0 Å². The Hall–Kier alpha value is -0.940. The fourth-order valence-electron chi connectivity index (χ4n) is 1.33.